The fourth-order valence-electron chi connectivity index (χ4n) is 6.10. The molecule has 0 fully saturated rings. The molecule has 0 spiro atoms. The molecule has 1 rings (SSSR count). The number of anilines is 1. The molecule has 0 saturated carbocycles. The van der Waals surface area contributed by atoms with Crippen molar-refractivity contribution in [2.45, 2.75) is 112 Å². The summed E-state index contributed by atoms with van der Waals surface area (Å²) in [4.78, 5) is 129. The number of urea groups is 1. The first-order valence-electron chi connectivity index (χ1n) is 21.9. The first-order chi connectivity index (χ1) is 30.4. The number of rotatable bonds is 28. The fourth-order valence-corrected chi connectivity index (χ4v) is 6.10. The summed E-state index contributed by atoms with van der Waals surface area (Å²) in [6.07, 6.45) is -0.259. The molecule has 21 nitrogen and oxygen atoms in total. The summed E-state index contributed by atoms with van der Waals surface area (Å²) in [5.41, 5.74) is 6.20. The molecule has 8 N–H and O–H groups in total. The van der Waals surface area contributed by atoms with Gasteiger partial charge in [0, 0.05) is 84.1 Å². The van der Waals surface area contributed by atoms with E-state index in [0.717, 1.165) is 0 Å². The second-order valence-electron chi connectivity index (χ2n) is 16.9. The van der Waals surface area contributed by atoms with Crippen molar-refractivity contribution in [3.63, 3.8) is 0 Å². The Kier molecular flexibility index (Phi) is 25.5. The number of nitrogens with two attached hydrogens (primary N) is 1. The van der Waals surface area contributed by atoms with Crippen LogP contribution in [0.15, 0.2) is 24.3 Å². The molecule has 1 aromatic carbocycles. The van der Waals surface area contributed by atoms with Crippen molar-refractivity contribution in [1.29, 1.82) is 0 Å². The zero-order valence-electron chi connectivity index (χ0n) is 39.7. The minimum atomic E-state index is -1.09. The number of hydrogen-bond acceptors (Lipinski definition) is 11. The van der Waals surface area contributed by atoms with Crippen LogP contribution in [0.3, 0.4) is 0 Å². The van der Waals surface area contributed by atoms with E-state index in [4.69, 9.17) is 10.5 Å². The average molecular weight is 917 g/mol. The van der Waals surface area contributed by atoms with Gasteiger partial charge in [0.05, 0.1) is 12.6 Å². The van der Waals surface area contributed by atoms with E-state index >= 15 is 0 Å². The van der Waals surface area contributed by atoms with Crippen molar-refractivity contribution in [3.05, 3.63) is 29.8 Å². The van der Waals surface area contributed by atoms with E-state index < -0.39 is 71.6 Å². The molecular formula is C44H72N10O11. The zero-order valence-corrected chi connectivity index (χ0v) is 39.7. The number of carbonyl (C=O) groups is 10. The Morgan fingerprint density at radius 1 is 0.646 bits per heavy atom. The van der Waals surface area contributed by atoms with Gasteiger partial charge in [-0.15, -0.1) is 0 Å². The summed E-state index contributed by atoms with van der Waals surface area (Å²) >= 11 is 0. The van der Waals surface area contributed by atoms with E-state index in [1.807, 2.05) is 0 Å². The first-order valence-corrected chi connectivity index (χ1v) is 21.9. The number of likely N-dealkylation sites (N-methyl/N-ethyl adjacent to an activating group) is 3. The van der Waals surface area contributed by atoms with E-state index in [0.29, 0.717) is 17.8 Å². The Hall–Kier alpha value is -6.28. The molecule has 1 aromatic rings. The Bertz CT molecular complexity index is 1790. The predicted molar refractivity (Wildman–Crippen MR) is 242 cm³/mol. The van der Waals surface area contributed by atoms with Crippen LogP contribution in [0.5, 0.6) is 0 Å². The van der Waals surface area contributed by atoms with Gasteiger partial charge in [0.2, 0.25) is 41.4 Å². The van der Waals surface area contributed by atoms with Crippen LogP contribution in [0.25, 0.3) is 0 Å². The minimum absolute atomic E-state index is 0.00493. The molecule has 0 radical (unpaired) electrons. The summed E-state index contributed by atoms with van der Waals surface area (Å²) in [5.74, 6) is -3.93. The van der Waals surface area contributed by atoms with Crippen molar-refractivity contribution in [2.24, 2.45) is 23.5 Å². The van der Waals surface area contributed by atoms with Gasteiger partial charge in [0.25, 0.3) is 0 Å². The van der Waals surface area contributed by atoms with Crippen LogP contribution in [0.4, 0.5) is 15.3 Å². The molecule has 65 heavy (non-hydrogen) atoms. The first kappa shape index (κ1) is 56.7. The van der Waals surface area contributed by atoms with Crippen molar-refractivity contribution < 1.29 is 52.7 Å². The van der Waals surface area contributed by atoms with Gasteiger partial charge in [-0.3, -0.25) is 38.4 Å². The van der Waals surface area contributed by atoms with Crippen LogP contribution < -0.4 is 37.6 Å². The molecule has 364 valence electrons. The van der Waals surface area contributed by atoms with E-state index in [1.165, 1.54) is 16.8 Å². The van der Waals surface area contributed by atoms with Gasteiger partial charge in [0.1, 0.15) is 18.7 Å². The lowest BCUT2D eigenvalue weighted by Gasteiger charge is -2.25. The number of nitrogens with one attached hydrogen (secondary N) is 6. The van der Waals surface area contributed by atoms with Crippen molar-refractivity contribution >= 4 is 64.9 Å². The number of benzene rings is 1. The molecule has 10 amide bonds. The van der Waals surface area contributed by atoms with Gasteiger partial charge in [-0.2, -0.15) is 0 Å². The Labute approximate surface area is 382 Å². The number of hydrogen-bond donors (Lipinski definition) is 7. The molecule has 0 aliphatic rings. The number of carbonyl (C=O) groups excluding carboxylic acids is 10. The van der Waals surface area contributed by atoms with Crippen LogP contribution >= 0.6 is 0 Å². The SMILES string of the molecule is CC(C)C(=O)[C@H](C)NC(=O)CN(C)C(=O)CCNC(=O)CCCC(=O)N[C@H](C(=O)N[C@@H](CCCNC(N)=O)C(=O)Nc1ccc(COC(=O)N(C)CCN(C)C(=O)C(C)C)cc1)C(C)C. The number of nitrogens with zero attached hydrogens (tertiary/aromatic N) is 3. The average Bonchev–Trinajstić information content (AvgIpc) is 3.23. The standard InChI is InChI=1S/C44H72N10O11/c1-27(2)38(51-35(56)15-11-14-34(55)46-22-20-37(58)54(10)25-36(57)48-30(7)39(59)28(3)4)41(61)50-33(13-12-21-47-43(45)63)40(60)49-32-18-16-31(17-19-32)26-65-44(64)53(9)24-23-52(8)42(62)29(5)6/h16-19,27-30,33,38H,11-15,20-26H2,1-10H3,(H,46,55)(H,48,57)(H,49,60)(H,50,61)(H,51,56)(H3,45,47,63)/t30-,33-,38-/m0/s1. The highest BCUT2D eigenvalue weighted by molar-refractivity contribution is 5.98. The van der Waals surface area contributed by atoms with E-state index in [-0.39, 0.29) is 94.8 Å². The molecule has 0 bridgehead atoms. The normalized spacial score (nSPS) is 12.3. The van der Waals surface area contributed by atoms with Crippen LogP contribution in [-0.2, 0) is 49.7 Å². The molecule has 0 heterocycles. The summed E-state index contributed by atoms with van der Waals surface area (Å²) in [7, 11) is 4.68. The highest BCUT2D eigenvalue weighted by atomic mass is 16.6. The Balaban J connectivity index is 2.72. The molecule has 21 heteroatoms. The van der Waals surface area contributed by atoms with Gasteiger partial charge < -0.3 is 57.1 Å². The molecule has 0 unspecified atom stereocenters. The van der Waals surface area contributed by atoms with Crippen molar-refractivity contribution in [2.75, 3.05) is 59.2 Å². The number of ether oxygens (including phenoxy) is 1. The van der Waals surface area contributed by atoms with Gasteiger partial charge in [-0.05, 0) is 49.8 Å². The molecule has 0 aliphatic carbocycles. The molecule has 3 atom stereocenters. The van der Waals surface area contributed by atoms with Crippen LogP contribution in [-0.4, -0.2) is 146 Å². The molecular weight excluding hydrogens is 845 g/mol. The summed E-state index contributed by atoms with van der Waals surface area (Å²) in [5, 5.41) is 15.8. The maximum absolute atomic E-state index is 13.6. The summed E-state index contributed by atoms with van der Waals surface area (Å²) in [6.45, 7) is 12.5. The lowest BCUT2D eigenvalue weighted by molar-refractivity contribution is -0.135. The minimum Gasteiger partial charge on any atom is -0.445 e. The predicted octanol–water partition coefficient (Wildman–Crippen LogP) is 1.25. The largest absolute Gasteiger partial charge is 0.445 e. The van der Waals surface area contributed by atoms with Crippen molar-refractivity contribution in [1.82, 2.24) is 41.3 Å². The Morgan fingerprint density at radius 2 is 1.26 bits per heavy atom. The summed E-state index contributed by atoms with van der Waals surface area (Å²) in [6, 6.07) is 2.96. The number of primary amides is 1. The second kappa shape index (κ2) is 29.2. The quantitative estimate of drug-likeness (QED) is 0.0588. The smallest absolute Gasteiger partial charge is 0.409 e. The lowest BCUT2D eigenvalue weighted by Crippen LogP contribution is -2.54. The highest BCUT2D eigenvalue weighted by Gasteiger charge is 2.29. The summed E-state index contributed by atoms with van der Waals surface area (Å²) < 4.78 is 5.39. The van der Waals surface area contributed by atoms with Crippen LogP contribution in [0.2, 0.25) is 0 Å². The van der Waals surface area contributed by atoms with Gasteiger partial charge in [-0.25, -0.2) is 9.59 Å². The van der Waals surface area contributed by atoms with E-state index in [1.54, 1.807) is 91.7 Å². The number of ketones is 1. The van der Waals surface area contributed by atoms with E-state index in [2.05, 4.69) is 31.9 Å². The van der Waals surface area contributed by atoms with Gasteiger partial charge in [-0.1, -0.05) is 53.7 Å². The lowest BCUT2D eigenvalue weighted by atomic mass is 10.0. The zero-order chi connectivity index (χ0) is 49.4. The van der Waals surface area contributed by atoms with Crippen molar-refractivity contribution in [3.8, 4) is 0 Å². The maximum Gasteiger partial charge on any atom is 0.409 e. The third kappa shape index (κ3) is 22.8. The molecule has 0 saturated heterocycles. The fraction of sp³-hybridized carbons (Fsp3) is 0.636. The maximum atomic E-state index is 13.6. The molecule has 0 aromatic heterocycles. The second-order valence-corrected chi connectivity index (χ2v) is 16.9. The highest BCUT2D eigenvalue weighted by Crippen LogP contribution is 2.14. The monoisotopic (exact) mass is 917 g/mol. The number of amides is 10. The van der Waals surface area contributed by atoms with Crippen LogP contribution in [0, 0.1) is 17.8 Å². The third-order valence-corrected chi connectivity index (χ3v) is 10.1. The topological polar surface area (TPSA) is 288 Å². The Morgan fingerprint density at radius 3 is 1.85 bits per heavy atom. The van der Waals surface area contributed by atoms with E-state index in [9.17, 15) is 47.9 Å². The van der Waals surface area contributed by atoms with Gasteiger partial charge >= 0.3 is 12.1 Å². The number of Topliss-reactive ketones (excluding diaryl/α,β-unsaturated/α-hetero) is 1. The van der Waals surface area contributed by atoms with Gasteiger partial charge in [0.15, 0.2) is 5.78 Å². The third-order valence-electron chi connectivity index (χ3n) is 10.1. The molecule has 0 aliphatic heterocycles. The van der Waals surface area contributed by atoms with Crippen LogP contribution in [0.1, 0.15) is 92.6 Å².